The van der Waals surface area contributed by atoms with E-state index in [1.54, 1.807) is 0 Å². The molecule has 0 saturated heterocycles. The molecule has 1 aliphatic carbocycles. The Morgan fingerprint density at radius 3 is 2.76 bits per heavy atom. The van der Waals surface area contributed by atoms with E-state index in [0.717, 1.165) is 41.3 Å². The molecule has 2 nitrogen and oxygen atoms in total. The Balaban J connectivity index is 2.05. The van der Waals surface area contributed by atoms with Crippen LogP contribution in [0.5, 0.6) is 0 Å². The minimum absolute atomic E-state index is 0.0489. The van der Waals surface area contributed by atoms with Gasteiger partial charge in [-0.25, -0.2) is 0 Å². The Morgan fingerprint density at radius 1 is 1.41 bits per heavy atom. The van der Waals surface area contributed by atoms with Crippen LogP contribution in [0.1, 0.15) is 38.8 Å². The maximum absolute atomic E-state index is 6.53. The molecule has 0 aliphatic heterocycles. The van der Waals surface area contributed by atoms with Gasteiger partial charge in [-0.2, -0.15) is 0 Å². The lowest BCUT2D eigenvalue weighted by atomic mass is 9.70. The van der Waals surface area contributed by atoms with Gasteiger partial charge in [-0.15, -0.1) is 0 Å². The molecular weight excluding hydrogens is 276 g/mol. The van der Waals surface area contributed by atoms with Gasteiger partial charge in [0.15, 0.2) is 0 Å². The summed E-state index contributed by atoms with van der Waals surface area (Å²) in [6.07, 6.45) is 6.24. The largest absolute Gasteiger partial charge is 0.325 e. The third-order valence-corrected chi connectivity index (χ3v) is 4.59. The Kier molecular flexibility index (Phi) is 3.88. The molecule has 2 N–H and O–H groups in total. The summed E-state index contributed by atoms with van der Waals surface area (Å²) < 4.78 is 1.03. The van der Waals surface area contributed by atoms with Crippen molar-refractivity contribution in [3.63, 3.8) is 0 Å². The normalized spacial score (nSPS) is 33.6. The molecule has 1 aromatic heterocycles. The van der Waals surface area contributed by atoms with Crippen LogP contribution in [0.2, 0.25) is 0 Å². The highest BCUT2D eigenvalue weighted by Crippen LogP contribution is 2.36. The van der Waals surface area contributed by atoms with Gasteiger partial charge in [-0.05, 0) is 59.2 Å². The standard InChI is InChI=1S/C14H21BrN2/c1-10-5-6-14(16,7-11(10)2)8-13-4-3-12(15)9-17-13/h3-4,9-11H,5-8,16H2,1-2H3. The van der Waals surface area contributed by atoms with Crippen LogP contribution >= 0.6 is 15.9 Å². The van der Waals surface area contributed by atoms with Crippen LogP contribution in [-0.2, 0) is 6.42 Å². The first kappa shape index (κ1) is 13.0. The number of nitrogens with zero attached hydrogens (tertiary/aromatic N) is 1. The van der Waals surface area contributed by atoms with E-state index >= 15 is 0 Å². The zero-order valence-electron chi connectivity index (χ0n) is 10.6. The van der Waals surface area contributed by atoms with Crippen molar-refractivity contribution >= 4 is 15.9 Å². The lowest BCUT2D eigenvalue weighted by molar-refractivity contribution is 0.175. The number of rotatable bonds is 2. The Labute approximate surface area is 112 Å². The molecule has 1 fully saturated rings. The molecular formula is C14H21BrN2. The van der Waals surface area contributed by atoms with Crippen molar-refractivity contribution in [3.05, 3.63) is 28.5 Å². The van der Waals surface area contributed by atoms with Gasteiger partial charge < -0.3 is 5.73 Å². The Hall–Kier alpha value is -0.410. The van der Waals surface area contributed by atoms with Crippen molar-refractivity contribution in [2.45, 2.75) is 45.1 Å². The van der Waals surface area contributed by atoms with Crippen molar-refractivity contribution < 1.29 is 0 Å². The minimum Gasteiger partial charge on any atom is -0.325 e. The number of pyridine rings is 1. The van der Waals surface area contributed by atoms with E-state index in [9.17, 15) is 0 Å². The fourth-order valence-electron chi connectivity index (χ4n) is 2.78. The first-order chi connectivity index (χ1) is 7.98. The molecule has 3 heteroatoms. The third-order valence-electron chi connectivity index (χ3n) is 4.12. The van der Waals surface area contributed by atoms with Gasteiger partial charge in [-0.3, -0.25) is 4.98 Å². The molecule has 1 aromatic rings. The quantitative estimate of drug-likeness (QED) is 0.907. The monoisotopic (exact) mass is 296 g/mol. The average Bonchev–Trinajstić information content (AvgIpc) is 2.28. The van der Waals surface area contributed by atoms with Crippen molar-refractivity contribution in [1.82, 2.24) is 4.98 Å². The van der Waals surface area contributed by atoms with Crippen LogP contribution in [0.15, 0.2) is 22.8 Å². The second kappa shape index (κ2) is 5.07. The van der Waals surface area contributed by atoms with Crippen LogP contribution in [-0.4, -0.2) is 10.5 Å². The van der Waals surface area contributed by atoms with Gasteiger partial charge in [0, 0.05) is 28.3 Å². The van der Waals surface area contributed by atoms with E-state index in [0.29, 0.717) is 0 Å². The highest BCUT2D eigenvalue weighted by Gasteiger charge is 2.34. The van der Waals surface area contributed by atoms with Gasteiger partial charge >= 0.3 is 0 Å². The fourth-order valence-corrected chi connectivity index (χ4v) is 3.01. The predicted molar refractivity (Wildman–Crippen MR) is 74.7 cm³/mol. The molecule has 0 bridgehead atoms. The van der Waals surface area contributed by atoms with E-state index in [1.807, 2.05) is 12.3 Å². The van der Waals surface area contributed by atoms with Crippen molar-refractivity contribution in [2.75, 3.05) is 0 Å². The molecule has 0 radical (unpaired) electrons. The van der Waals surface area contributed by atoms with E-state index < -0.39 is 0 Å². The van der Waals surface area contributed by atoms with Crippen molar-refractivity contribution in [3.8, 4) is 0 Å². The topological polar surface area (TPSA) is 38.9 Å². The van der Waals surface area contributed by atoms with E-state index in [4.69, 9.17) is 5.73 Å². The molecule has 0 spiro atoms. The number of hydrogen-bond donors (Lipinski definition) is 1. The number of aromatic nitrogens is 1. The summed E-state index contributed by atoms with van der Waals surface area (Å²) >= 11 is 3.41. The van der Waals surface area contributed by atoms with Crippen LogP contribution in [0.4, 0.5) is 0 Å². The van der Waals surface area contributed by atoms with Gasteiger partial charge in [0.1, 0.15) is 0 Å². The number of nitrogens with two attached hydrogens (primary N) is 1. The van der Waals surface area contributed by atoms with E-state index in [1.165, 1.54) is 6.42 Å². The summed E-state index contributed by atoms with van der Waals surface area (Å²) in [6, 6.07) is 4.11. The highest BCUT2D eigenvalue weighted by atomic mass is 79.9. The van der Waals surface area contributed by atoms with Crippen molar-refractivity contribution in [2.24, 2.45) is 17.6 Å². The molecule has 3 unspecified atom stereocenters. The summed E-state index contributed by atoms with van der Waals surface area (Å²) in [5.74, 6) is 1.54. The second-order valence-corrected chi connectivity index (χ2v) is 6.62. The molecule has 0 aromatic carbocycles. The predicted octanol–water partition coefficient (Wildman–Crippen LogP) is 3.54. The van der Waals surface area contributed by atoms with E-state index in [2.05, 4.69) is 40.8 Å². The summed E-state index contributed by atoms with van der Waals surface area (Å²) in [5.41, 5.74) is 7.59. The highest BCUT2D eigenvalue weighted by molar-refractivity contribution is 9.10. The minimum atomic E-state index is -0.0489. The lowest BCUT2D eigenvalue weighted by Gasteiger charge is -2.40. The number of hydrogen-bond acceptors (Lipinski definition) is 2. The van der Waals surface area contributed by atoms with Crippen LogP contribution < -0.4 is 5.73 Å². The van der Waals surface area contributed by atoms with E-state index in [-0.39, 0.29) is 5.54 Å². The molecule has 0 amide bonds. The molecule has 3 atom stereocenters. The smallest absolute Gasteiger partial charge is 0.0422 e. The lowest BCUT2D eigenvalue weighted by Crippen LogP contribution is -2.47. The summed E-state index contributed by atoms with van der Waals surface area (Å²) in [5, 5.41) is 0. The Bertz CT molecular complexity index is 376. The first-order valence-electron chi connectivity index (χ1n) is 6.38. The van der Waals surface area contributed by atoms with Crippen LogP contribution in [0, 0.1) is 11.8 Å². The maximum atomic E-state index is 6.53. The summed E-state index contributed by atoms with van der Waals surface area (Å²) in [4.78, 5) is 4.43. The zero-order valence-corrected chi connectivity index (χ0v) is 12.2. The average molecular weight is 297 g/mol. The molecule has 1 heterocycles. The summed E-state index contributed by atoms with van der Waals surface area (Å²) in [6.45, 7) is 4.66. The van der Waals surface area contributed by atoms with Crippen LogP contribution in [0.3, 0.4) is 0 Å². The molecule has 1 saturated carbocycles. The SMILES string of the molecule is CC1CCC(N)(Cc2ccc(Br)cn2)CC1C. The van der Waals surface area contributed by atoms with Crippen LogP contribution in [0.25, 0.3) is 0 Å². The van der Waals surface area contributed by atoms with Gasteiger partial charge in [-0.1, -0.05) is 13.8 Å². The first-order valence-corrected chi connectivity index (χ1v) is 7.17. The third kappa shape index (κ3) is 3.29. The molecule has 94 valence electrons. The summed E-state index contributed by atoms with van der Waals surface area (Å²) in [7, 11) is 0. The zero-order chi connectivity index (χ0) is 12.5. The Morgan fingerprint density at radius 2 is 2.18 bits per heavy atom. The molecule has 17 heavy (non-hydrogen) atoms. The number of halogens is 1. The second-order valence-electron chi connectivity index (χ2n) is 5.70. The molecule has 2 rings (SSSR count). The fraction of sp³-hybridized carbons (Fsp3) is 0.643. The van der Waals surface area contributed by atoms with Gasteiger partial charge in [0.25, 0.3) is 0 Å². The van der Waals surface area contributed by atoms with Crippen molar-refractivity contribution in [1.29, 1.82) is 0 Å². The van der Waals surface area contributed by atoms with Gasteiger partial charge in [0.05, 0.1) is 0 Å². The molecule has 1 aliphatic rings. The maximum Gasteiger partial charge on any atom is 0.0422 e. The van der Waals surface area contributed by atoms with Gasteiger partial charge in [0.2, 0.25) is 0 Å².